The number of hydrogen-bond acceptors (Lipinski definition) is 4. The summed E-state index contributed by atoms with van der Waals surface area (Å²) in [5.41, 5.74) is 2.45. The van der Waals surface area contributed by atoms with Gasteiger partial charge in [0.2, 0.25) is 0 Å². The normalized spacial score (nSPS) is 36.6. The van der Waals surface area contributed by atoms with E-state index in [1.807, 2.05) is 0 Å². The van der Waals surface area contributed by atoms with Crippen LogP contribution in [0.25, 0.3) is 11.0 Å². The monoisotopic (exact) mass is 532 g/mol. The summed E-state index contributed by atoms with van der Waals surface area (Å²) in [7, 11) is 0. The Labute approximate surface area is 234 Å². The topological polar surface area (TPSA) is 61.6 Å². The van der Waals surface area contributed by atoms with Gasteiger partial charge < -0.3 is 9.67 Å². The van der Waals surface area contributed by atoms with Gasteiger partial charge in [0.1, 0.15) is 5.82 Å². The Morgan fingerprint density at radius 3 is 2.36 bits per heavy atom. The van der Waals surface area contributed by atoms with E-state index in [0.29, 0.717) is 24.0 Å². The molecule has 0 amide bonds. The number of benzene rings is 1. The molecule has 2 saturated carbocycles. The number of rotatable bonds is 5. The van der Waals surface area contributed by atoms with Crippen molar-refractivity contribution < 1.29 is 9.90 Å². The number of nitrogens with zero attached hydrogens (tertiary/aromatic N) is 4. The summed E-state index contributed by atoms with van der Waals surface area (Å²) in [5, 5.41) is 9.27. The maximum atomic E-state index is 11.3. The Bertz CT molecular complexity index is 1160. The van der Waals surface area contributed by atoms with E-state index in [9.17, 15) is 9.90 Å². The van der Waals surface area contributed by atoms with Crippen molar-refractivity contribution in [3.63, 3.8) is 0 Å². The number of imidazole rings is 1. The molecule has 6 heteroatoms. The first-order chi connectivity index (χ1) is 19.0. The predicted octanol–water partition coefficient (Wildman–Crippen LogP) is 6.46. The second kappa shape index (κ2) is 10.8. The van der Waals surface area contributed by atoms with Crippen molar-refractivity contribution in [3.05, 3.63) is 30.1 Å². The molecule has 7 rings (SSSR count). The first kappa shape index (κ1) is 26.0. The molecule has 1 aromatic heterocycles. The van der Waals surface area contributed by atoms with E-state index in [0.717, 1.165) is 55.2 Å². The first-order valence-electron chi connectivity index (χ1n) is 16.2. The lowest BCUT2D eigenvalue weighted by Crippen LogP contribution is -2.60. The molecular weight excluding hydrogens is 484 g/mol. The molecule has 3 saturated heterocycles. The predicted molar refractivity (Wildman–Crippen MR) is 155 cm³/mol. The van der Waals surface area contributed by atoms with Gasteiger partial charge in [-0.2, -0.15) is 0 Å². The molecule has 39 heavy (non-hydrogen) atoms. The molecule has 4 bridgehead atoms. The maximum absolute atomic E-state index is 11.3. The molecule has 4 heterocycles. The number of para-hydroxylation sites is 2. The summed E-state index contributed by atoms with van der Waals surface area (Å²) in [6.07, 6.45) is 17.6. The number of aliphatic carboxylic acids is 1. The Kier molecular flexibility index (Phi) is 7.21. The van der Waals surface area contributed by atoms with E-state index in [-0.39, 0.29) is 6.54 Å². The van der Waals surface area contributed by atoms with E-state index in [2.05, 4.69) is 45.6 Å². The van der Waals surface area contributed by atoms with Crippen molar-refractivity contribution in [1.29, 1.82) is 0 Å². The minimum atomic E-state index is -0.717. The molecule has 1 N–H and O–H groups in total. The summed E-state index contributed by atoms with van der Waals surface area (Å²) in [5.74, 6) is 3.69. The fourth-order valence-electron chi connectivity index (χ4n) is 9.81. The van der Waals surface area contributed by atoms with Crippen molar-refractivity contribution >= 4 is 17.0 Å². The lowest BCUT2D eigenvalue weighted by Gasteiger charge is -2.56. The van der Waals surface area contributed by atoms with Crippen LogP contribution in [0.15, 0.2) is 24.3 Å². The lowest BCUT2D eigenvalue weighted by molar-refractivity contribution is -0.138. The van der Waals surface area contributed by atoms with Gasteiger partial charge >= 0.3 is 5.97 Å². The van der Waals surface area contributed by atoms with Crippen LogP contribution in [-0.4, -0.2) is 68.2 Å². The summed E-state index contributed by atoms with van der Waals surface area (Å²) in [6.45, 7) is 4.40. The zero-order valence-electron chi connectivity index (χ0n) is 23.9. The van der Waals surface area contributed by atoms with Crippen molar-refractivity contribution in [2.45, 2.75) is 120 Å². The molecule has 2 aliphatic carbocycles. The van der Waals surface area contributed by atoms with Crippen molar-refractivity contribution in [2.75, 3.05) is 19.6 Å². The highest BCUT2D eigenvalue weighted by atomic mass is 16.4. The molecule has 7 atom stereocenters. The number of fused-ring (bicyclic) bond motifs is 5. The molecule has 3 aliphatic heterocycles. The van der Waals surface area contributed by atoms with Crippen molar-refractivity contribution in [2.24, 2.45) is 17.8 Å². The van der Waals surface area contributed by atoms with Gasteiger partial charge in [-0.15, -0.1) is 0 Å². The molecule has 6 nitrogen and oxygen atoms in total. The van der Waals surface area contributed by atoms with Gasteiger partial charge in [-0.25, -0.2) is 4.98 Å². The summed E-state index contributed by atoms with van der Waals surface area (Å²) in [6, 6.07) is 11.5. The number of carboxylic acids is 1. The van der Waals surface area contributed by atoms with Crippen LogP contribution in [-0.2, 0) is 4.79 Å². The van der Waals surface area contributed by atoms with Crippen molar-refractivity contribution in [1.82, 2.24) is 19.4 Å². The average molecular weight is 533 g/mol. The van der Waals surface area contributed by atoms with E-state index >= 15 is 0 Å². The van der Waals surface area contributed by atoms with Gasteiger partial charge in [-0.3, -0.25) is 14.6 Å². The van der Waals surface area contributed by atoms with Crippen LogP contribution in [0, 0.1) is 17.8 Å². The number of hydrogen-bond donors (Lipinski definition) is 1. The molecule has 5 aliphatic rings. The van der Waals surface area contributed by atoms with E-state index < -0.39 is 5.97 Å². The van der Waals surface area contributed by atoms with Crippen LogP contribution < -0.4 is 0 Å². The van der Waals surface area contributed by atoms with Gasteiger partial charge in [0.15, 0.2) is 0 Å². The van der Waals surface area contributed by atoms with Crippen LogP contribution in [0.2, 0.25) is 0 Å². The Hall–Kier alpha value is -1.92. The summed E-state index contributed by atoms with van der Waals surface area (Å²) < 4.78 is 2.68. The standard InChI is InChI=1S/C33H48N4O2/c1-22-10-11-26-19-28(20-31(22)36(26)27-17-23-6-2-3-7-24(16-23)18-27)37-30-9-5-4-8-29(30)34-33(37)25-12-14-35(15-13-25)21-32(38)39/h4-5,8-9,22-28,31H,2-3,6-7,10-21H2,1H3,(H,38,39)/t22-,23-,24+,26+,27-,28-,31+/m1/s1. The van der Waals surface area contributed by atoms with Gasteiger partial charge in [-0.1, -0.05) is 44.7 Å². The van der Waals surface area contributed by atoms with Crippen LogP contribution in [0.4, 0.5) is 0 Å². The van der Waals surface area contributed by atoms with Crippen LogP contribution in [0.5, 0.6) is 0 Å². The molecule has 0 radical (unpaired) electrons. The molecule has 0 unspecified atom stereocenters. The smallest absolute Gasteiger partial charge is 0.317 e. The van der Waals surface area contributed by atoms with E-state index in [4.69, 9.17) is 4.98 Å². The van der Waals surface area contributed by atoms with E-state index in [1.165, 1.54) is 82.0 Å². The summed E-state index contributed by atoms with van der Waals surface area (Å²) >= 11 is 0. The highest BCUT2D eigenvalue weighted by Gasteiger charge is 2.47. The molecule has 212 valence electrons. The number of carboxylic acid groups (broad SMARTS) is 1. The third-order valence-electron chi connectivity index (χ3n) is 11.5. The summed E-state index contributed by atoms with van der Waals surface area (Å²) in [4.78, 5) is 21.7. The number of piperidine rings is 3. The van der Waals surface area contributed by atoms with Crippen LogP contribution in [0.3, 0.4) is 0 Å². The van der Waals surface area contributed by atoms with Crippen LogP contribution >= 0.6 is 0 Å². The van der Waals surface area contributed by atoms with Gasteiger partial charge in [-0.05, 0) is 101 Å². The van der Waals surface area contributed by atoms with Crippen LogP contribution in [0.1, 0.15) is 108 Å². The molecular formula is C33H48N4O2. The Balaban J connectivity index is 1.16. The minimum Gasteiger partial charge on any atom is -0.480 e. The van der Waals surface area contributed by atoms with Gasteiger partial charge in [0.25, 0.3) is 0 Å². The third-order valence-corrected chi connectivity index (χ3v) is 11.5. The third kappa shape index (κ3) is 5.05. The second-order valence-electron chi connectivity index (χ2n) is 14.0. The average Bonchev–Trinajstić information content (AvgIpc) is 3.23. The van der Waals surface area contributed by atoms with Crippen molar-refractivity contribution in [3.8, 4) is 0 Å². The van der Waals surface area contributed by atoms with E-state index in [1.54, 1.807) is 0 Å². The van der Waals surface area contributed by atoms with Gasteiger partial charge in [0, 0.05) is 30.1 Å². The SMILES string of the molecule is C[C@@H]1CC[C@H]2C[C@@H](n3c(C4CCN(CC(=O)O)CC4)nc4ccccc43)C[C@@H]1N2[C@@H]1C[C@@H]2CCCC[C@@H](C2)C1. The number of carbonyl (C=O) groups is 1. The largest absolute Gasteiger partial charge is 0.480 e. The Morgan fingerprint density at radius 2 is 1.62 bits per heavy atom. The fourth-order valence-corrected chi connectivity index (χ4v) is 9.81. The molecule has 1 aromatic carbocycles. The maximum Gasteiger partial charge on any atom is 0.317 e. The highest BCUT2D eigenvalue weighted by Crippen LogP contribution is 2.49. The quantitative estimate of drug-likeness (QED) is 0.479. The molecule has 2 aromatic rings. The first-order valence-corrected chi connectivity index (χ1v) is 16.2. The molecule has 5 fully saturated rings. The Morgan fingerprint density at radius 1 is 0.872 bits per heavy atom. The zero-order valence-corrected chi connectivity index (χ0v) is 23.9. The molecule has 0 spiro atoms. The highest BCUT2D eigenvalue weighted by molar-refractivity contribution is 5.76. The second-order valence-corrected chi connectivity index (χ2v) is 14.0. The van der Waals surface area contributed by atoms with Gasteiger partial charge in [0.05, 0.1) is 17.6 Å². The fraction of sp³-hybridized carbons (Fsp3) is 0.758. The zero-order chi connectivity index (χ0) is 26.5. The number of likely N-dealkylation sites (tertiary alicyclic amines) is 1. The lowest BCUT2D eigenvalue weighted by atomic mass is 9.71. The minimum absolute atomic E-state index is 0.158. The number of aromatic nitrogens is 2.